The van der Waals surface area contributed by atoms with Crippen LogP contribution < -0.4 is 0 Å². The van der Waals surface area contributed by atoms with Crippen LogP contribution in [-0.4, -0.2) is 6.61 Å². The van der Waals surface area contributed by atoms with Crippen LogP contribution in [0.5, 0.6) is 0 Å². The average Bonchev–Trinajstić information content (AvgIpc) is 2.35. The molecule has 1 aromatic carbocycles. The van der Waals surface area contributed by atoms with Crippen molar-refractivity contribution in [3.05, 3.63) is 63.5 Å². The second kappa shape index (κ2) is 6.39. The van der Waals surface area contributed by atoms with Gasteiger partial charge in [-0.1, -0.05) is 57.9 Å². The van der Waals surface area contributed by atoms with Gasteiger partial charge in [0.1, 0.15) is 0 Å². The van der Waals surface area contributed by atoms with Crippen molar-refractivity contribution in [3.63, 3.8) is 0 Å². The number of rotatable bonds is 4. The van der Waals surface area contributed by atoms with Crippen LogP contribution in [0, 0.1) is 6.42 Å². The Morgan fingerprint density at radius 3 is 2.71 bits per heavy atom. The SMILES string of the molecule is ClC1=C(COCc2ccccc2)C=C(Br)C[CH]1. The fourth-order valence-electron chi connectivity index (χ4n) is 1.60. The van der Waals surface area contributed by atoms with E-state index in [1.807, 2.05) is 30.7 Å². The first-order valence-electron chi connectivity index (χ1n) is 5.45. The van der Waals surface area contributed by atoms with Gasteiger partial charge in [-0.2, -0.15) is 0 Å². The van der Waals surface area contributed by atoms with Crippen LogP contribution in [-0.2, 0) is 11.3 Å². The van der Waals surface area contributed by atoms with Gasteiger partial charge in [-0.15, -0.1) is 0 Å². The summed E-state index contributed by atoms with van der Waals surface area (Å²) in [7, 11) is 0. The Morgan fingerprint density at radius 1 is 1.18 bits per heavy atom. The lowest BCUT2D eigenvalue weighted by atomic mass is 10.1. The number of hydrogen-bond donors (Lipinski definition) is 0. The van der Waals surface area contributed by atoms with Gasteiger partial charge in [0.15, 0.2) is 0 Å². The molecule has 1 aliphatic rings. The van der Waals surface area contributed by atoms with E-state index in [0.29, 0.717) is 13.2 Å². The first kappa shape index (κ1) is 12.9. The monoisotopic (exact) mass is 311 g/mol. The Kier molecular flexibility index (Phi) is 4.84. The second-order valence-corrected chi connectivity index (χ2v) is 5.28. The Morgan fingerprint density at radius 2 is 1.94 bits per heavy atom. The Bertz CT molecular complexity index is 437. The first-order chi connectivity index (χ1) is 8.25. The summed E-state index contributed by atoms with van der Waals surface area (Å²) in [6.07, 6.45) is 4.89. The summed E-state index contributed by atoms with van der Waals surface area (Å²) in [5, 5.41) is 0.793. The van der Waals surface area contributed by atoms with Gasteiger partial charge in [0.25, 0.3) is 0 Å². The molecule has 0 fully saturated rings. The van der Waals surface area contributed by atoms with Crippen LogP contribution in [0.3, 0.4) is 0 Å². The van der Waals surface area contributed by atoms with Gasteiger partial charge in [0.05, 0.1) is 13.2 Å². The zero-order chi connectivity index (χ0) is 12.1. The smallest absolute Gasteiger partial charge is 0.0733 e. The number of halogens is 2. The molecule has 2 rings (SSSR count). The highest BCUT2D eigenvalue weighted by atomic mass is 79.9. The van der Waals surface area contributed by atoms with Gasteiger partial charge in [-0.3, -0.25) is 0 Å². The molecular weight excluding hydrogens is 300 g/mol. The van der Waals surface area contributed by atoms with Crippen molar-refractivity contribution in [1.82, 2.24) is 0 Å². The molecule has 0 aliphatic heterocycles. The van der Waals surface area contributed by atoms with E-state index in [2.05, 4.69) is 28.1 Å². The second-order valence-electron chi connectivity index (χ2n) is 3.85. The van der Waals surface area contributed by atoms with Gasteiger partial charge in [0.2, 0.25) is 0 Å². The highest BCUT2D eigenvalue weighted by Gasteiger charge is 2.10. The molecule has 1 radical (unpaired) electrons. The van der Waals surface area contributed by atoms with E-state index in [4.69, 9.17) is 16.3 Å². The maximum atomic E-state index is 6.11. The van der Waals surface area contributed by atoms with Gasteiger partial charge >= 0.3 is 0 Å². The molecule has 0 saturated heterocycles. The van der Waals surface area contributed by atoms with Crippen molar-refractivity contribution in [3.8, 4) is 0 Å². The molecule has 0 amide bonds. The summed E-state index contributed by atoms with van der Waals surface area (Å²) >= 11 is 9.58. The lowest BCUT2D eigenvalue weighted by molar-refractivity contribution is 0.144. The molecule has 0 aromatic heterocycles. The van der Waals surface area contributed by atoms with Crippen LogP contribution in [0.2, 0.25) is 0 Å². The molecule has 0 bridgehead atoms. The summed E-state index contributed by atoms with van der Waals surface area (Å²) in [5.41, 5.74) is 2.20. The fourth-order valence-corrected chi connectivity index (χ4v) is 2.22. The molecule has 3 heteroatoms. The first-order valence-corrected chi connectivity index (χ1v) is 6.62. The summed E-state index contributed by atoms with van der Waals surface area (Å²) in [4.78, 5) is 0. The standard InChI is InChI=1S/C14H13BrClO/c15-13-6-7-14(16)12(8-13)10-17-9-11-4-2-1-3-5-11/h1-5,7-8H,6,9-10H2. The van der Waals surface area contributed by atoms with E-state index in [9.17, 15) is 0 Å². The van der Waals surface area contributed by atoms with E-state index >= 15 is 0 Å². The highest BCUT2D eigenvalue weighted by molar-refractivity contribution is 9.11. The maximum absolute atomic E-state index is 6.11. The van der Waals surface area contributed by atoms with Crippen molar-refractivity contribution in [2.45, 2.75) is 13.0 Å². The third kappa shape index (κ3) is 3.98. The normalized spacial score (nSPS) is 16.0. The molecule has 1 aliphatic carbocycles. The number of hydrogen-bond acceptors (Lipinski definition) is 1. The van der Waals surface area contributed by atoms with Crippen LogP contribution in [0.15, 0.2) is 51.5 Å². The number of benzene rings is 1. The topological polar surface area (TPSA) is 9.23 Å². The fraction of sp³-hybridized carbons (Fsp3) is 0.214. The van der Waals surface area contributed by atoms with Crippen LogP contribution >= 0.6 is 27.5 Å². The summed E-state index contributed by atoms with van der Waals surface area (Å²) < 4.78 is 6.79. The zero-order valence-corrected chi connectivity index (χ0v) is 11.7. The van der Waals surface area contributed by atoms with Crippen LogP contribution in [0.1, 0.15) is 12.0 Å². The molecule has 1 aromatic rings. The van der Waals surface area contributed by atoms with E-state index < -0.39 is 0 Å². The molecular formula is C14H13BrClO. The summed E-state index contributed by atoms with van der Waals surface area (Å²) in [5.74, 6) is 0. The third-order valence-electron chi connectivity index (χ3n) is 2.48. The summed E-state index contributed by atoms with van der Waals surface area (Å²) in [6, 6.07) is 10.1. The molecule has 0 atom stereocenters. The minimum absolute atomic E-state index is 0.541. The van der Waals surface area contributed by atoms with Crippen LogP contribution in [0.4, 0.5) is 0 Å². The summed E-state index contributed by atoms with van der Waals surface area (Å²) in [6.45, 7) is 1.15. The molecule has 0 saturated carbocycles. The van der Waals surface area contributed by atoms with Crippen LogP contribution in [0.25, 0.3) is 0 Å². The van der Waals surface area contributed by atoms with E-state index in [1.54, 1.807) is 0 Å². The third-order valence-corrected chi connectivity index (χ3v) is 3.43. The molecule has 17 heavy (non-hydrogen) atoms. The largest absolute Gasteiger partial charge is 0.372 e. The molecule has 0 N–H and O–H groups in total. The van der Waals surface area contributed by atoms with E-state index in [0.717, 1.165) is 21.5 Å². The minimum Gasteiger partial charge on any atom is -0.372 e. The van der Waals surface area contributed by atoms with Crippen molar-refractivity contribution in [1.29, 1.82) is 0 Å². The van der Waals surface area contributed by atoms with Crippen molar-refractivity contribution >= 4 is 27.5 Å². The average molecular weight is 313 g/mol. The lowest BCUT2D eigenvalue weighted by Gasteiger charge is -2.13. The minimum atomic E-state index is 0.541. The molecule has 89 valence electrons. The zero-order valence-electron chi connectivity index (χ0n) is 9.33. The van der Waals surface area contributed by atoms with Gasteiger partial charge in [-0.25, -0.2) is 0 Å². The van der Waals surface area contributed by atoms with E-state index in [-0.39, 0.29) is 0 Å². The predicted molar refractivity (Wildman–Crippen MR) is 74.9 cm³/mol. The Hall–Kier alpha value is -0.570. The highest BCUT2D eigenvalue weighted by Crippen LogP contribution is 2.28. The quantitative estimate of drug-likeness (QED) is 0.790. The van der Waals surface area contributed by atoms with Gasteiger partial charge in [0, 0.05) is 11.5 Å². The predicted octanol–water partition coefficient (Wildman–Crippen LogP) is 4.58. The Labute approximate surface area is 115 Å². The maximum Gasteiger partial charge on any atom is 0.0733 e. The molecule has 0 unspecified atom stereocenters. The molecule has 1 nitrogen and oxygen atoms in total. The number of ether oxygens (including phenoxy) is 1. The van der Waals surface area contributed by atoms with Crippen molar-refractivity contribution in [2.24, 2.45) is 0 Å². The van der Waals surface area contributed by atoms with Crippen molar-refractivity contribution in [2.75, 3.05) is 6.61 Å². The van der Waals surface area contributed by atoms with Crippen molar-refractivity contribution < 1.29 is 4.74 Å². The van der Waals surface area contributed by atoms with Gasteiger partial charge in [-0.05, 0) is 28.1 Å². The van der Waals surface area contributed by atoms with Gasteiger partial charge < -0.3 is 4.74 Å². The number of allylic oxidation sites excluding steroid dienone is 2. The Balaban J connectivity index is 1.87. The van der Waals surface area contributed by atoms with E-state index in [1.165, 1.54) is 5.56 Å². The molecule has 0 heterocycles. The molecule has 0 spiro atoms. The lowest BCUT2D eigenvalue weighted by Crippen LogP contribution is -2.02.